The number of ether oxygens (including phenoxy) is 6. The van der Waals surface area contributed by atoms with Gasteiger partial charge in [-0.05, 0) is 0 Å². The van der Waals surface area contributed by atoms with Crippen molar-refractivity contribution in [1.82, 2.24) is 4.90 Å². The summed E-state index contributed by atoms with van der Waals surface area (Å²) in [6.07, 6.45) is -4.72. The van der Waals surface area contributed by atoms with E-state index >= 15 is 4.79 Å². The van der Waals surface area contributed by atoms with E-state index in [1.165, 1.54) is 13.8 Å². The van der Waals surface area contributed by atoms with Crippen molar-refractivity contribution < 1.29 is 52.7 Å². The first-order chi connectivity index (χ1) is 26.5. The number of esters is 2. The molecule has 0 spiro atoms. The van der Waals surface area contributed by atoms with E-state index in [1.54, 1.807) is 27.7 Å². The van der Waals surface area contributed by atoms with Gasteiger partial charge in [0.05, 0.1) is 0 Å². The number of carbonyl (C=O) groups excluding carboxylic acids is 4. The normalized spacial score (nSPS) is 39.5. The average Bonchev–Trinajstić information content (AvgIpc) is 3.14. The number of hydrogen-bond donors (Lipinski definition) is 1. The zero-order valence-corrected chi connectivity index (χ0v) is 37.4. The van der Waals surface area contributed by atoms with Gasteiger partial charge in [0.1, 0.15) is 0 Å². The maximum atomic E-state index is 15.5. The molecule has 0 aromatic heterocycles. The van der Waals surface area contributed by atoms with Crippen molar-refractivity contribution in [1.29, 1.82) is 0 Å². The molecule has 0 aliphatic carbocycles. The maximum absolute atomic E-state index is 15.5. The number of carbonyl (C=O) groups is 4. The molecular formula is C43H64N2O11Se. The van der Waals surface area contributed by atoms with Gasteiger partial charge in [-0.25, -0.2) is 0 Å². The molecule has 3 heterocycles. The van der Waals surface area contributed by atoms with Crippen LogP contribution < -0.4 is 4.46 Å². The Labute approximate surface area is 344 Å². The summed E-state index contributed by atoms with van der Waals surface area (Å²) in [5.41, 5.74) is -2.18. The molecule has 3 aliphatic heterocycles. The van der Waals surface area contributed by atoms with E-state index in [4.69, 9.17) is 28.4 Å². The van der Waals surface area contributed by atoms with Gasteiger partial charge < -0.3 is 0 Å². The van der Waals surface area contributed by atoms with E-state index in [1.807, 2.05) is 77.0 Å². The molecule has 13 nitrogen and oxygen atoms in total. The van der Waals surface area contributed by atoms with Gasteiger partial charge in [-0.1, -0.05) is 0 Å². The molecule has 3 aliphatic rings. The molecule has 3 saturated heterocycles. The van der Waals surface area contributed by atoms with E-state index in [0.717, 1.165) is 4.46 Å². The number of fused-ring (bicyclic) bond motifs is 5. The van der Waals surface area contributed by atoms with Gasteiger partial charge in [-0.2, -0.15) is 0 Å². The third-order valence-electron chi connectivity index (χ3n) is 11.6. The van der Waals surface area contributed by atoms with Gasteiger partial charge in [-0.15, -0.1) is 0 Å². The number of likely N-dealkylation sites (N-methyl/N-ethyl adjacent to an activating group) is 1. The molecule has 4 rings (SSSR count). The van der Waals surface area contributed by atoms with Crippen molar-refractivity contribution in [2.45, 2.75) is 147 Å². The summed E-state index contributed by atoms with van der Waals surface area (Å²) in [6.45, 7) is 21.0. The van der Waals surface area contributed by atoms with Crippen LogP contribution in [0.4, 0.5) is 0 Å². The second kappa shape index (κ2) is 19.1. The van der Waals surface area contributed by atoms with Crippen LogP contribution in [0.1, 0.15) is 88.5 Å². The van der Waals surface area contributed by atoms with Gasteiger partial charge in [-0.3, -0.25) is 0 Å². The molecule has 13 atom stereocenters. The van der Waals surface area contributed by atoms with Crippen molar-refractivity contribution >= 4 is 48.8 Å². The number of benzene rings is 1. The van der Waals surface area contributed by atoms with Crippen molar-refractivity contribution in [2.24, 2.45) is 22.7 Å². The van der Waals surface area contributed by atoms with Gasteiger partial charge in [0.2, 0.25) is 0 Å². The van der Waals surface area contributed by atoms with Crippen LogP contribution in [0.3, 0.4) is 0 Å². The summed E-state index contributed by atoms with van der Waals surface area (Å²) in [5, 5.41) is 12.5. The molecule has 0 radical (unpaired) electrons. The Kier molecular flexibility index (Phi) is 15.7. The predicted octanol–water partition coefficient (Wildman–Crippen LogP) is 4.25. The number of rotatable bonds is 7. The fourth-order valence-electron chi connectivity index (χ4n) is 8.72. The third-order valence-corrected chi connectivity index (χ3v) is 14.3. The number of cyclic esters (lactones) is 1. The summed E-state index contributed by atoms with van der Waals surface area (Å²) < 4.78 is 38.1. The second-order valence-corrected chi connectivity index (χ2v) is 20.0. The monoisotopic (exact) mass is 864 g/mol. The Morgan fingerprint density at radius 2 is 1.68 bits per heavy atom. The first-order valence-electron chi connectivity index (χ1n) is 19.9. The molecule has 57 heavy (non-hydrogen) atoms. The van der Waals surface area contributed by atoms with E-state index in [-0.39, 0.29) is 38.2 Å². The number of hydrogen-bond acceptors (Lipinski definition) is 12. The molecule has 1 aromatic rings. The van der Waals surface area contributed by atoms with Crippen LogP contribution in [-0.2, 0) is 47.6 Å². The van der Waals surface area contributed by atoms with E-state index < -0.39 is 103 Å². The molecule has 1 N–H and O–H groups in total. The summed E-state index contributed by atoms with van der Waals surface area (Å²) in [7, 11) is 3.78. The number of amides is 1. The molecule has 14 heteroatoms. The predicted molar refractivity (Wildman–Crippen MR) is 216 cm³/mol. The Balaban J connectivity index is 2.04. The van der Waals surface area contributed by atoms with E-state index in [9.17, 15) is 19.5 Å². The Morgan fingerprint density at radius 1 is 1.04 bits per heavy atom. The molecule has 3 fully saturated rings. The topological polar surface area (TPSA) is 159 Å². The molecular weight excluding hydrogens is 799 g/mol. The van der Waals surface area contributed by atoms with Gasteiger partial charge in [0.15, 0.2) is 0 Å². The second-order valence-electron chi connectivity index (χ2n) is 16.9. The quantitative estimate of drug-likeness (QED) is 0.180. The molecule has 0 saturated carbocycles. The van der Waals surface area contributed by atoms with Gasteiger partial charge >= 0.3 is 346 Å². The van der Waals surface area contributed by atoms with Crippen LogP contribution in [0.5, 0.6) is 0 Å². The molecule has 1 aromatic carbocycles. The molecule has 2 bridgehead atoms. The van der Waals surface area contributed by atoms with E-state index in [0.29, 0.717) is 17.7 Å². The Hall–Kier alpha value is -2.81. The summed E-state index contributed by atoms with van der Waals surface area (Å²) in [4.78, 5) is 62.2. The van der Waals surface area contributed by atoms with Gasteiger partial charge in [0, 0.05) is 0 Å². The summed E-state index contributed by atoms with van der Waals surface area (Å²) in [6, 6.07) is 9.01. The van der Waals surface area contributed by atoms with Crippen LogP contribution >= 0.6 is 0 Å². The summed E-state index contributed by atoms with van der Waals surface area (Å²) in [5.74, 6) is -4.43. The van der Waals surface area contributed by atoms with Crippen LogP contribution in [0.25, 0.3) is 0 Å². The number of Topliss-reactive ketones (excluding diaryl/α,β-unsaturated/α-hetero) is 1. The average molecular weight is 864 g/mol. The SMILES string of the molecule is C=C1CO[C@@H]2[C@@H](C)C(=NC(C)=O)[C@H](C)C[C@@](C)(OC1)C(O[C@@H]1O[C@H](C)C[C@H](N(C)C)[C@H]1OC(C)=O)[C@@H](C)C(=O)C(C)([Se]c1ccccc1)C(=O)O[C@H](CC)[C@@]2(C)O. The summed E-state index contributed by atoms with van der Waals surface area (Å²) >= 11 is -0.800. The fraction of sp³-hybridized carbons (Fsp3) is 0.698. The number of ketones is 1. The molecule has 2 unspecified atom stereocenters. The third kappa shape index (κ3) is 10.7. The minimum atomic E-state index is -1.81. The zero-order valence-electron chi connectivity index (χ0n) is 35.7. The van der Waals surface area contributed by atoms with Crippen molar-refractivity contribution in [3.8, 4) is 0 Å². The van der Waals surface area contributed by atoms with Crippen molar-refractivity contribution in [2.75, 3.05) is 27.3 Å². The first kappa shape index (κ1) is 46.9. The zero-order chi connectivity index (χ0) is 42.6. The van der Waals surface area contributed by atoms with Crippen LogP contribution in [-0.4, -0.2) is 136 Å². The Morgan fingerprint density at radius 3 is 2.26 bits per heavy atom. The Bertz CT molecular complexity index is 1650. The van der Waals surface area contributed by atoms with Crippen LogP contribution in [0.15, 0.2) is 47.5 Å². The minimum absolute atomic E-state index is 0.0140. The van der Waals surface area contributed by atoms with E-state index in [2.05, 4.69) is 11.6 Å². The molecule has 1 amide bonds. The standard InChI is InChI=1S/C43H64N2O11Se/c1-14-33-42(10,50)38-27(5)34(44-29(7)46)25(3)21-41(9,52-23-24(2)22-51-38)37(56-39-35(54-30(8)47)32(45(12)13)20-26(4)53-39)28(6)36(48)43(11,40(49)55-33)57-31-18-16-15-17-19-31/h15-19,25-28,32-33,35,37-39,50H,2,14,20-23H2,1,3-13H3/t25-,26-,27+,28+,32+,33-,35-,37?,38-,39+,41-,42-,43?/m1/s1. The van der Waals surface area contributed by atoms with Crippen molar-refractivity contribution in [3.05, 3.63) is 42.5 Å². The molecule has 318 valence electrons. The van der Waals surface area contributed by atoms with Gasteiger partial charge in [0.25, 0.3) is 0 Å². The number of nitrogens with zero attached hydrogens (tertiary/aromatic N) is 2. The van der Waals surface area contributed by atoms with Crippen molar-refractivity contribution in [3.63, 3.8) is 0 Å². The number of aliphatic hydroxyl groups is 1. The number of aliphatic imine (C=N–C) groups is 1. The first-order valence-corrected chi connectivity index (χ1v) is 21.6. The van der Waals surface area contributed by atoms with Crippen LogP contribution in [0.2, 0.25) is 4.31 Å². The van der Waals surface area contributed by atoms with Crippen LogP contribution in [0, 0.1) is 17.8 Å². The fourth-order valence-corrected chi connectivity index (χ4v) is 11.2.